The number of fused-ring (bicyclic) bond motifs is 1. The van der Waals surface area contributed by atoms with E-state index in [0.717, 1.165) is 16.9 Å². The minimum Gasteiger partial charge on any atom is -0.489 e. The van der Waals surface area contributed by atoms with E-state index in [2.05, 4.69) is 5.32 Å². The van der Waals surface area contributed by atoms with Crippen LogP contribution in [0.5, 0.6) is 5.75 Å². The minimum absolute atomic E-state index is 0.0517. The Labute approximate surface area is 181 Å². The highest BCUT2D eigenvalue weighted by atomic mass is 32.1. The molecule has 9 heteroatoms. The van der Waals surface area contributed by atoms with Crippen LogP contribution in [0.2, 0.25) is 0 Å². The Bertz CT molecular complexity index is 1090. The number of rotatable bonds is 8. The standard InChI is InChI=1S/C22H20F2N2O4S/c23-20(24)19-18(21(27)25-8-9-26-10-11-29-22(26)28)16-12-15(6-7-17(16)31-19)30-13-14-4-2-1-3-5-14/h1-7,12,20H,8-11,13H2,(H,25,27). The number of nitrogens with zero attached hydrogens (tertiary/aromatic N) is 1. The van der Waals surface area contributed by atoms with Crippen molar-refractivity contribution in [1.82, 2.24) is 10.2 Å². The quantitative estimate of drug-likeness (QED) is 0.549. The van der Waals surface area contributed by atoms with Gasteiger partial charge in [0.2, 0.25) is 0 Å². The first-order valence-corrected chi connectivity index (χ1v) is 10.6. The predicted molar refractivity (Wildman–Crippen MR) is 113 cm³/mol. The third-order valence-corrected chi connectivity index (χ3v) is 6.05. The molecule has 162 valence electrons. The number of thiophene rings is 1. The van der Waals surface area contributed by atoms with E-state index in [1.807, 2.05) is 30.3 Å². The summed E-state index contributed by atoms with van der Waals surface area (Å²) in [7, 11) is 0. The molecule has 0 unspecified atom stereocenters. The van der Waals surface area contributed by atoms with Crippen molar-refractivity contribution in [3.05, 3.63) is 64.5 Å². The van der Waals surface area contributed by atoms with Crippen molar-refractivity contribution < 1.29 is 27.8 Å². The molecule has 4 rings (SSSR count). The molecule has 0 atom stereocenters. The van der Waals surface area contributed by atoms with Crippen LogP contribution in [0.15, 0.2) is 48.5 Å². The van der Waals surface area contributed by atoms with Crippen molar-refractivity contribution in [1.29, 1.82) is 0 Å². The number of alkyl halides is 2. The van der Waals surface area contributed by atoms with Crippen LogP contribution in [0.1, 0.15) is 27.2 Å². The van der Waals surface area contributed by atoms with Crippen molar-refractivity contribution in [2.24, 2.45) is 0 Å². The van der Waals surface area contributed by atoms with Gasteiger partial charge in [-0.1, -0.05) is 30.3 Å². The Morgan fingerprint density at radius 2 is 2.03 bits per heavy atom. The lowest BCUT2D eigenvalue weighted by Crippen LogP contribution is -2.35. The fourth-order valence-corrected chi connectivity index (χ4v) is 4.37. The van der Waals surface area contributed by atoms with E-state index < -0.39 is 18.4 Å². The van der Waals surface area contributed by atoms with Crippen LogP contribution in [0, 0.1) is 0 Å². The highest BCUT2D eigenvalue weighted by Crippen LogP contribution is 2.39. The molecular weight excluding hydrogens is 426 g/mol. The third kappa shape index (κ3) is 4.77. The summed E-state index contributed by atoms with van der Waals surface area (Å²) in [5, 5.41) is 3.06. The number of benzene rings is 2. The van der Waals surface area contributed by atoms with E-state index >= 15 is 0 Å². The lowest BCUT2D eigenvalue weighted by atomic mass is 10.1. The lowest BCUT2D eigenvalue weighted by molar-refractivity contribution is 0.0939. The van der Waals surface area contributed by atoms with Gasteiger partial charge in [-0.2, -0.15) is 0 Å². The van der Waals surface area contributed by atoms with Crippen LogP contribution in [-0.2, 0) is 11.3 Å². The molecule has 3 aromatic rings. The zero-order valence-corrected chi connectivity index (χ0v) is 17.3. The summed E-state index contributed by atoms with van der Waals surface area (Å²) in [5.41, 5.74) is 0.920. The molecule has 1 aliphatic heterocycles. The summed E-state index contributed by atoms with van der Waals surface area (Å²) in [6.07, 6.45) is -3.22. The molecule has 1 saturated heterocycles. The van der Waals surface area contributed by atoms with E-state index in [1.54, 1.807) is 18.2 Å². The molecule has 1 aliphatic rings. The van der Waals surface area contributed by atoms with Gasteiger partial charge < -0.3 is 19.7 Å². The van der Waals surface area contributed by atoms with Gasteiger partial charge in [0.25, 0.3) is 12.3 Å². The minimum atomic E-state index is -2.78. The average Bonchev–Trinajstić information content (AvgIpc) is 3.36. The summed E-state index contributed by atoms with van der Waals surface area (Å²) in [6, 6.07) is 14.6. The number of amides is 2. The largest absolute Gasteiger partial charge is 0.489 e. The highest BCUT2D eigenvalue weighted by molar-refractivity contribution is 7.19. The molecule has 31 heavy (non-hydrogen) atoms. The normalized spacial score (nSPS) is 13.6. The van der Waals surface area contributed by atoms with Crippen LogP contribution < -0.4 is 10.1 Å². The van der Waals surface area contributed by atoms with Crippen molar-refractivity contribution in [2.45, 2.75) is 13.0 Å². The molecule has 2 heterocycles. The Morgan fingerprint density at radius 1 is 1.23 bits per heavy atom. The summed E-state index contributed by atoms with van der Waals surface area (Å²) in [5.74, 6) is -0.113. The first-order chi connectivity index (χ1) is 15.0. The predicted octanol–water partition coefficient (Wildman–Crippen LogP) is 4.60. The van der Waals surface area contributed by atoms with Gasteiger partial charge in [-0.15, -0.1) is 11.3 Å². The number of carbonyl (C=O) groups is 2. The first kappa shape index (κ1) is 21.0. The van der Waals surface area contributed by atoms with Gasteiger partial charge in [0.05, 0.1) is 17.0 Å². The number of halogens is 2. The number of ether oxygens (including phenoxy) is 2. The van der Waals surface area contributed by atoms with Gasteiger partial charge in [0.15, 0.2) is 0 Å². The molecule has 2 aromatic carbocycles. The maximum absolute atomic E-state index is 13.6. The number of hydrogen-bond acceptors (Lipinski definition) is 5. The Hall–Kier alpha value is -3.20. The summed E-state index contributed by atoms with van der Waals surface area (Å²) in [6.45, 7) is 1.47. The molecule has 1 N–H and O–H groups in total. The monoisotopic (exact) mass is 446 g/mol. The molecule has 0 radical (unpaired) electrons. The van der Waals surface area contributed by atoms with Crippen LogP contribution >= 0.6 is 11.3 Å². The van der Waals surface area contributed by atoms with E-state index in [-0.39, 0.29) is 23.5 Å². The van der Waals surface area contributed by atoms with Crippen molar-refractivity contribution in [2.75, 3.05) is 26.2 Å². The Kier molecular flexibility index (Phi) is 6.31. The molecule has 0 saturated carbocycles. The van der Waals surface area contributed by atoms with Crippen molar-refractivity contribution in [3.63, 3.8) is 0 Å². The fourth-order valence-electron chi connectivity index (χ4n) is 3.34. The highest BCUT2D eigenvalue weighted by Gasteiger charge is 2.26. The zero-order chi connectivity index (χ0) is 21.8. The Morgan fingerprint density at radius 3 is 2.74 bits per heavy atom. The molecule has 1 fully saturated rings. The number of hydrogen-bond donors (Lipinski definition) is 1. The van der Waals surface area contributed by atoms with Crippen LogP contribution in [0.4, 0.5) is 13.6 Å². The average molecular weight is 446 g/mol. The topological polar surface area (TPSA) is 67.9 Å². The first-order valence-electron chi connectivity index (χ1n) is 9.74. The van der Waals surface area contributed by atoms with Crippen LogP contribution in [0.25, 0.3) is 10.1 Å². The summed E-state index contributed by atoms with van der Waals surface area (Å²) < 4.78 is 38.5. The second-order valence-electron chi connectivity index (χ2n) is 6.93. The second kappa shape index (κ2) is 9.30. The zero-order valence-electron chi connectivity index (χ0n) is 16.5. The van der Waals surface area contributed by atoms with E-state index in [4.69, 9.17) is 9.47 Å². The molecule has 2 amide bonds. The number of carbonyl (C=O) groups excluding carboxylic acids is 2. The summed E-state index contributed by atoms with van der Waals surface area (Å²) in [4.78, 5) is 25.4. The van der Waals surface area contributed by atoms with Gasteiger partial charge in [-0.05, 0) is 23.8 Å². The summed E-state index contributed by atoms with van der Waals surface area (Å²) >= 11 is 0.892. The van der Waals surface area contributed by atoms with Gasteiger partial charge in [-0.3, -0.25) is 4.79 Å². The fraction of sp³-hybridized carbons (Fsp3) is 0.273. The van der Waals surface area contributed by atoms with Gasteiger partial charge in [0, 0.05) is 23.2 Å². The van der Waals surface area contributed by atoms with E-state index in [9.17, 15) is 18.4 Å². The van der Waals surface area contributed by atoms with Crippen LogP contribution in [0.3, 0.4) is 0 Å². The van der Waals surface area contributed by atoms with Crippen molar-refractivity contribution >= 4 is 33.4 Å². The van der Waals surface area contributed by atoms with E-state index in [1.165, 1.54) is 4.90 Å². The Balaban J connectivity index is 1.52. The van der Waals surface area contributed by atoms with Crippen LogP contribution in [-0.4, -0.2) is 43.1 Å². The van der Waals surface area contributed by atoms with E-state index in [0.29, 0.717) is 35.6 Å². The molecular formula is C22H20F2N2O4S. The van der Waals surface area contributed by atoms with Gasteiger partial charge in [0.1, 0.15) is 19.0 Å². The molecule has 0 spiro atoms. The number of cyclic esters (lactones) is 1. The second-order valence-corrected chi connectivity index (χ2v) is 8.02. The maximum atomic E-state index is 13.6. The molecule has 0 aliphatic carbocycles. The number of nitrogens with one attached hydrogen (secondary N) is 1. The lowest BCUT2D eigenvalue weighted by Gasteiger charge is -2.13. The molecule has 1 aromatic heterocycles. The maximum Gasteiger partial charge on any atom is 0.409 e. The SMILES string of the molecule is O=C(NCCN1CCOC1=O)c1c(C(F)F)sc2ccc(OCc3ccccc3)cc12. The van der Waals surface area contributed by atoms with Gasteiger partial charge in [-0.25, -0.2) is 13.6 Å². The molecule has 0 bridgehead atoms. The molecule has 6 nitrogen and oxygen atoms in total. The van der Waals surface area contributed by atoms with Gasteiger partial charge >= 0.3 is 6.09 Å². The third-order valence-electron chi connectivity index (χ3n) is 4.87. The van der Waals surface area contributed by atoms with Crippen molar-refractivity contribution in [3.8, 4) is 5.75 Å². The smallest absolute Gasteiger partial charge is 0.409 e.